The van der Waals surface area contributed by atoms with Gasteiger partial charge in [0.05, 0.1) is 17.6 Å². The SMILES string of the molecule is N=C(N)NOCCCOc1ccc(C[C@H](NS(=O)(=O)c2ccc(Cl)s2)C(=O)O)cc1. The van der Waals surface area contributed by atoms with Gasteiger partial charge in [-0.05, 0) is 36.2 Å². The van der Waals surface area contributed by atoms with Crippen LogP contribution >= 0.6 is 22.9 Å². The molecule has 6 N–H and O–H groups in total. The summed E-state index contributed by atoms with van der Waals surface area (Å²) in [5, 5.41) is 16.3. The Morgan fingerprint density at radius 2 is 1.93 bits per heavy atom. The standard InChI is InChI=1S/C17H21ClN4O6S2/c18-14-6-7-15(29-14)30(25,26)22-13(16(23)24)10-11-2-4-12(5-3-11)27-8-1-9-28-21-17(19)20/h2-7,13,22H,1,8-10H2,(H,23,24)(H4,19,20,21)/t13-/m0/s1. The number of hydrogen-bond acceptors (Lipinski definition) is 7. The molecule has 0 aliphatic rings. The molecule has 0 saturated carbocycles. The van der Waals surface area contributed by atoms with Crippen molar-refractivity contribution in [3.63, 3.8) is 0 Å². The average molecular weight is 477 g/mol. The molecule has 0 unspecified atom stereocenters. The molecular weight excluding hydrogens is 456 g/mol. The Kier molecular flexibility index (Phi) is 8.87. The molecule has 13 heteroatoms. The van der Waals surface area contributed by atoms with E-state index in [0.29, 0.717) is 35.3 Å². The van der Waals surface area contributed by atoms with Crippen molar-refractivity contribution in [2.75, 3.05) is 13.2 Å². The van der Waals surface area contributed by atoms with Gasteiger partial charge >= 0.3 is 5.97 Å². The highest BCUT2D eigenvalue weighted by Gasteiger charge is 2.26. The molecule has 0 saturated heterocycles. The number of nitrogens with two attached hydrogens (primary N) is 1. The van der Waals surface area contributed by atoms with Gasteiger partial charge < -0.3 is 15.6 Å². The molecule has 1 atom stereocenters. The zero-order valence-corrected chi connectivity index (χ0v) is 18.0. The summed E-state index contributed by atoms with van der Waals surface area (Å²) in [6.07, 6.45) is 0.510. The maximum absolute atomic E-state index is 12.4. The lowest BCUT2D eigenvalue weighted by atomic mass is 10.1. The first kappa shape index (κ1) is 23.9. The number of carboxylic acids is 1. The van der Waals surface area contributed by atoms with Gasteiger partial charge in [0, 0.05) is 6.42 Å². The van der Waals surface area contributed by atoms with E-state index >= 15 is 0 Å². The van der Waals surface area contributed by atoms with E-state index < -0.39 is 22.0 Å². The third kappa shape index (κ3) is 7.80. The largest absolute Gasteiger partial charge is 0.494 e. The number of thiophene rings is 1. The minimum absolute atomic E-state index is 0.0431. The van der Waals surface area contributed by atoms with Crippen LogP contribution in [0.15, 0.2) is 40.6 Å². The first-order valence-electron chi connectivity index (χ1n) is 8.61. The van der Waals surface area contributed by atoms with Crippen molar-refractivity contribution in [2.45, 2.75) is 23.1 Å². The Hall–Kier alpha value is -2.38. The first-order valence-corrected chi connectivity index (χ1v) is 11.3. The van der Waals surface area contributed by atoms with Gasteiger partial charge in [-0.3, -0.25) is 15.0 Å². The minimum Gasteiger partial charge on any atom is -0.494 e. The van der Waals surface area contributed by atoms with Gasteiger partial charge in [-0.25, -0.2) is 13.9 Å². The number of rotatable bonds is 12. The molecule has 1 aromatic carbocycles. The van der Waals surface area contributed by atoms with E-state index in [1.807, 2.05) is 0 Å². The quantitative estimate of drug-likeness (QED) is 0.133. The van der Waals surface area contributed by atoms with E-state index in [1.165, 1.54) is 12.1 Å². The number of aliphatic carboxylic acids is 1. The predicted octanol–water partition coefficient (Wildman–Crippen LogP) is 1.56. The Bertz CT molecular complexity index is 965. The minimum atomic E-state index is -4.00. The lowest BCUT2D eigenvalue weighted by molar-refractivity contribution is -0.138. The van der Waals surface area contributed by atoms with Crippen molar-refractivity contribution in [1.29, 1.82) is 5.41 Å². The van der Waals surface area contributed by atoms with Crippen molar-refractivity contribution in [3.05, 3.63) is 46.3 Å². The number of nitrogens with one attached hydrogen (secondary N) is 3. The highest BCUT2D eigenvalue weighted by atomic mass is 35.5. The third-order valence-electron chi connectivity index (χ3n) is 3.61. The number of hydrogen-bond donors (Lipinski definition) is 5. The second-order valence-electron chi connectivity index (χ2n) is 5.98. The van der Waals surface area contributed by atoms with Gasteiger partial charge in [-0.1, -0.05) is 23.7 Å². The fourth-order valence-corrected chi connectivity index (χ4v) is 4.96. The fraction of sp³-hybridized carbons (Fsp3) is 0.294. The number of benzene rings is 1. The number of hydroxylamine groups is 1. The van der Waals surface area contributed by atoms with Crippen LogP contribution in [0.25, 0.3) is 0 Å². The van der Waals surface area contributed by atoms with E-state index in [4.69, 9.17) is 32.3 Å². The van der Waals surface area contributed by atoms with E-state index in [9.17, 15) is 18.3 Å². The van der Waals surface area contributed by atoms with Crippen LogP contribution < -0.4 is 20.7 Å². The normalized spacial score (nSPS) is 12.3. The molecule has 0 spiro atoms. The zero-order valence-electron chi connectivity index (χ0n) is 15.6. The van der Waals surface area contributed by atoms with Crippen LogP contribution in [-0.2, 0) is 26.1 Å². The van der Waals surface area contributed by atoms with Gasteiger partial charge in [-0.15, -0.1) is 11.3 Å². The van der Waals surface area contributed by atoms with Crippen molar-refractivity contribution < 1.29 is 27.9 Å². The van der Waals surface area contributed by atoms with Crippen LogP contribution in [0.1, 0.15) is 12.0 Å². The average Bonchev–Trinajstić information content (AvgIpc) is 3.12. The summed E-state index contributed by atoms with van der Waals surface area (Å²) >= 11 is 6.60. The molecule has 2 aromatic rings. The Morgan fingerprint density at radius 3 is 2.50 bits per heavy atom. The molecule has 0 aliphatic heterocycles. The van der Waals surface area contributed by atoms with Gasteiger partial charge in [0.25, 0.3) is 10.0 Å². The summed E-state index contributed by atoms with van der Waals surface area (Å²) in [5.74, 6) is -1.01. The number of guanidine groups is 1. The number of ether oxygens (including phenoxy) is 1. The highest BCUT2D eigenvalue weighted by molar-refractivity contribution is 7.91. The zero-order chi connectivity index (χ0) is 22.1. The topological polar surface area (TPSA) is 164 Å². The molecule has 30 heavy (non-hydrogen) atoms. The molecule has 10 nitrogen and oxygen atoms in total. The molecule has 0 bridgehead atoms. The Morgan fingerprint density at radius 1 is 1.23 bits per heavy atom. The lowest BCUT2D eigenvalue weighted by Crippen LogP contribution is -2.42. The summed E-state index contributed by atoms with van der Waals surface area (Å²) < 4.78 is 32.7. The first-order chi connectivity index (χ1) is 14.2. The van der Waals surface area contributed by atoms with E-state index in [0.717, 1.165) is 11.3 Å². The summed E-state index contributed by atoms with van der Waals surface area (Å²) in [5.41, 5.74) is 7.90. The fourth-order valence-electron chi connectivity index (χ4n) is 2.27. The van der Waals surface area contributed by atoms with E-state index in [2.05, 4.69) is 10.2 Å². The molecule has 0 radical (unpaired) electrons. The maximum atomic E-state index is 12.4. The van der Waals surface area contributed by atoms with Crippen molar-refractivity contribution >= 4 is 44.9 Å². The molecular formula is C17H21ClN4O6S2. The molecule has 0 aliphatic carbocycles. The van der Waals surface area contributed by atoms with Crippen LogP contribution in [0, 0.1) is 5.41 Å². The van der Waals surface area contributed by atoms with Crippen LogP contribution in [0.5, 0.6) is 5.75 Å². The summed E-state index contributed by atoms with van der Waals surface area (Å²) in [6.45, 7) is 0.660. The molecule has 1 aromatic heterocycles. The molecule has 0 fully saturated rings. The van der Waals surface area contributed by atoms with E-state index in [1.54, 1.807) is 24.3 Å². The monoisotopic (exact) mass is 476 g/mol. The molecule has 2 rings (SSSR count). The van der Waals surface area contributed by atoms with Crippen molar-refractivity contribution in [1.82, 2.24) is 10.2 Å². The second kappa shape index (κ2) is 11.1. The Labute approximate surface area is 182 Å². The maximum Gasteiger partial charge on any atom is 0.322 e. The van der Waals surface area contributed by atoms with Gasteiger partial charge in [0.15, 0.2) is 0 Å². The molecule has 1 heterocycles. The van der Waals surface area contributed by atoms with Crippen LogP contribution in [0.4, 0.5) is 0 Å². The van der Waals surface area contributed by atoms with Gasteiger partial charge in [-0.2, -0.15) is 4.72 Å². The number of sulfonamides is 1. The van der Waals surface area contributed by atoms with Crippen LogP contribution in [0.2, 0.25) is 4.34 Å². The van der Waals surface area contributed by atoms with Crippen molar-refractivity contribution in [2.24, 2.45) is 5.73 Å². The van der Waals surface area contributed by atoms with Crippen molar-refractivity contribution in [3.8, 4) is 5.75 Å². The summed E-state index contributed by atoms with van der Waals surface area (Å²) in [4.78, 5) is 16.4. The third-order valence-corrected chi connectivity index (χ3v) is 6.81. The van der Waals surface area contributed by atoms with Gasteiger partial charge in [0.1, 0.15) is 16.0 Å². The number of carbonyl (C=O) groups is 1. The van der Waals surface area contributed by atoms with E-state index in [-0.39, 0.29) is 16.6 Å². The Balaban J connectivity index is 1.88. The second-order valence-corrected chi connectivity index (χ2v) is 9.64. The smallest absolute Gasteiger partial charge is 0.322 e. The molecule has 0 amide bonds. The summed E-state index contributed by atoms with van der Waals surface area (Å²) in [7, 11) is -4.00. The summed E-state index contributed by atoms with van der Waals surface area (Å²) in [6, 6.07) is 8.06. The number of halogens is 1. The molecule has 164 valence electrons. The van der Waals surface area contributed by atoms with Gasteiger partial charge in [0.2, 0.25) is 5.96 Å². The number of carboxylic acid groups (broad SMARTS) is 1. The van der Waals surface area contributed by atoms with Crippen LogP contribution in [-0.4, -0.2) is 44.7 Å². The van der Waals surface area contributed by atoms with Crippen LogP contribution in [0.3, 0.4) is 0 Å². The highest BCUT2D eigenvalue weighted by Crippen LogP contribution is 2.25. The lowest BCUT2D eigenvalue weighted by Gasteiger charge is -2.14. The predicted molar refractivity (Wildman–Crippen MR) is 112 cm³/mol.